The topological polar surface area (TPSA) is 217 Å². The highest BCUT2D eigenvalue weighted by atomic mass is 35.5. The van der Waals surface area contributed by atoms with Gasteiger partial charge in [-0.1, -0.05) is 0 Å². The van der Waals surface area contributed by atoms with Crippen molar-refractivity contribution in [1.29, 1.82) is 0 Å². The van der Waals surface area contributed by atoms with E-state index in [2.05, 4.69) is 35.9 Å². The van der Waals surface area contributed by atoms with E-state index in [-0.39, 0.29) is 45.7 Å². The number of ether oxygens (including phenoxy) is 1. The van der Waals surface area contributed by atoms with Crippen LogP contribution < -0.4 is 32.2 Å². The van der Waals surface area contributed by atoms with E-state index in [0.717, 1.165) is 0 Å². The Morgan fingerprint density at radius 2 is 1.50 bits per heavy atom. The van der Waals surface area contributed by atoms with E-state index in [4.69, 9.17) is 39.4 Å². The van der Waals surface area contributed by atoms with Crippen molar-refractivity contribution >= 4 is 52.6 Å². The molecule has 2 fully saturated rings. The summed E-state index contributed by atoms with van der Waals surface area (Å²) >= 11 is 11.3. The Bertz CT molecular complexity index is 1050. The Hall–Kier alpha value is -3.78. The van der Waals surface area contributed by atoms with Crippen molar-refractivity contribution in [3.63, 3.8) is 0 Å². The van der Waals surface area contributed by atoms with Crippen molar-refractivity contribution in [2.45, 2.75) is 25.0 Å². The molecule has 2 unspecified atom stereocenters. The van der Waals surface area contributed by atoms with Gasteiger partial charge in [0.1, 0.15) is 23.2 Å². The number of primary amides is 2. The van der Waals surface area contributed by atoms with E-state index >= 15 is 0 Å². The third-order valence-corrected chi connectivity index (χ3v) is 4.85. The first-order chi connectivity index (χ1) is 16.1. The molecular weight excluding hydrogens is 493 g/mol. The van der Waals surface area contributed by atoms with Crippen molar-refractivity contribution in [2.75, 3.05) is 18.4 Å². The third-order valence-electron chi connectivity index (χ3n) is 4.51. The molecule has 0 saturated carbocycles. The summed E-state index contributed by atoms with van der Waals surface area (Å²) in [6.07, 6.45) is 0.556. The average molecular weight is 512 g/mol. The summed E-state index contributed by atoms with van der Waals surface area (Å²) < 4.78 is 5.30. The highest BCUT2D eigenvalue weighted by molar-refractivity contribution is 6.28. The van der Waals surface area contributed by atoms with Gasteiger partial charge in [0, 0.05) is 31.6 Å². The van der Waals surface area contributed by atoms with Crippen LogP contribution in [0.1, 0.15) is 33.8 Å². The smallest absolute Gasteiger partial charge is 0.267 e. The van der Waals surface area contributed by atoms with Gasteiger partial charge in [0.25, 0.3) is 17.7 Å². The zero-order chi connectivity index (χ0) is 24.8. The first-order valence-corrected chi connectivity index (χ1v) is 10.6. The lowest BCUT2D eigenvalue weighted by molar-refractivity contribution is -0.125. The van der Waals surface area contributed by atoms with Crippen LogP contribution in [-0.2, 0) is 9.59 Å². The highest BCUT2D eigenvalue weighted by Crippen LogP contribution is 2.17. The molecule has 2 atom stereocenters. The van der Waals surface area contributed by atoms with Crippen LogP contribution in [0.4, 0.5) is 5.82 Å². The molecule has 2 aliphatic heterocycles. The number of nitrogens with two attached hydrogens (primary N) is 2. The van der Waals surface area contributed by atoms with Gasteiger partial charge in [-0.3, -0.25) is 19.2 Å². The quantitative estimate of drug-likeness (QED) is 0.298. The Morgan fingerprint density at radius 3 is 2.06 bits per heavy atom. The molecule has 14 nitrogen and oxygen atoms in total. The van der Waals surface area contributed by atoms with Crippen molar-refractivity contribution < 1.29 is 23.9 Å². The Labute approximate surface area is 202 Å². The van der Waals surface area contributed by atoms with E-state index < -0.39 is 17.9 Å². The van der Waals surface area contributed by atoms with Gasteiger partial charge in [0.2, 0.25) is 22.4 Å². The summed E-state index contributed by atoms with van der Waals surface area (Å²) in [7, 11) is 0. The molecule has 34 heavy (non-hydrogen) atoms. The van der Waals surface area contributed by atoms with Crippen molar-refractivity contribution in [3.8, 4) is 5.88 Å². The fourth-order valence-electron chi connectivity index (χ4n) is 2.94. The summed E-state index contributed by atoms with van der Waals surface area (Å²) in [5.74, 6) is -1.41. The molecule has 4 amide bonds. The molecule has 2 aromatic rings. The van der Waals surface area contributed by atoms with Crippen LogP contribution in [0.3, 0.4) is 0 Å². The summed E-state index contributed by atoms with van der Waals surface area (Å²) in [5.41, 5.74) is 10.1. The molecule has 4 heterocycles. The van der Waals surface area contributed by atoms with Gasteiger partial charge in [0.05, 0.1) is 0 Å². The lowest BCUT2D eigenvalue weighted by atomic mass is 10.2. The zero-order valence-corrected chi connectivity index (χ0v) is 18.9. The van der Waals surface area contributed by atoms with Gasteiger partial charge in [-0.2, -0.15) is 4.98 Å². The van der Waals surface area contributed by atoms with E-state index in [0.29, 0.717) is 31.7 Å². The zero-order valence-electron chi connectivity index (χ0n) is 17.4. The van der Waals surface area contributed by atoms with Crippen LogP contribution in [0.5, 0.6) is 5.88 Å². The van der Waals surface area contributed by atoms with Crippen LogP contribution >= 0.6 is 23.2 Å². The third kappa shape index (κ3) is 6.62. The van der Waals surface area contributed by atoms with E-state index in [9.17, 15) is 19.2 Å². The number of aromatic nitrogens is 4. The summed E-state index contributed by atoms with van der Waals surface area (Å²) in [6, 6.07) is 2.24. The average Bonchev–Trinajstić information content (AvgIpc) is 3.35. The number of carbonyl (C=O) groups is 4. The predicted molar refractivity (Wildman–Crippen MR) is 118 cm³/mol. The van der Waals surface area contributed by atoms with Gasteiger partial charge >= 0.3 is 0 Å². The van der Waals surface area contributed by atoms with Crippen molar-refractivity contribution in [3.05, 3.63) is 34.1 Å². The fourth-order valence-corrected chi connectivity index (χ4v) is 3.30. The second-order valence-electron chi connectivity index (χ2n) is 6.96. The van der Waals surface area contributed by atoms with Gasteiger partial charge in [0.15, 0.2) is 6.10 Å². The van der Waals surface area contributed by atoms with Crippen molar-refractivity contribution in [2.24, 2.45) is 11.5 Å². The lowest BCUT2D eigenvalue weighted by Gasteiger charge is -2.10. The highest BCUT2D eigenvalue weighted by Gasteiger charge is 2.27. The first kappa shape index (κ1) is 24.9. The van der Waals surface area contributed by atoms with Gasteiger partial charge < -0.3 is 32.2 Å². The number of nitrogens with one attached hydrogen (secondary N) is 3. The second kappa shape index (κ2) is 10.9. The minimum absolute atomic E-state index is 0.00547. The number of hydrogen-bond donors (Lipinski definition) is 5. The lowest BCUT2D eigenvalue weighted by Crippen LogP contribution is -2.30. The normalized spacial score (nSPS) is 18.9. The number of rotatable bonds is 6. The number of anilines is 1. The van der Waals surface area contributed by atoms with Crippen molar-refractivity contribution in [1.82, 2.24) is 30.6 Å². The monoisotopic (exact) mass is 511 g/mol. The molecule has 0 aliphatic carbocycles. The van der Waals surface area contributed by atoms with Crippen LogP contribution in [0, 0.1) is 0 Å². The minimum atomic E-state index is -0.741. The Balaban J connectivity index is 0.000000191. The molecule has 7 N–H and O–H groups in total. The van der Waals surface area contributed by atoms with Gasteiger partial charge in [-0.05, 0) is 29.6 Å². The molecule has 16 heteroatoms. The maximum absolute atomic E-state index is 11.3. The maximum atomic E-state index is 11.3. The number of carbonyl (C=O) groups excluding carboxylic acids is 4. The summed E-state index contributed by atoms with van der Waals surface area (Å²) in [6.45, 7) is 1.16. The summed E-state index contributed by atoms with van der Waals surface area (Å²) in [4.78, 5) is 59.5. The summed E-state index contributed by atoms with van der Waals surface area (Å²) in [5, 5.41) is 7.90. The molecule has 2 saturated heterocycles. The molecular formula is C18H19Cl2N9O5. The first-order valence-electron chi connectivity index (χ1n) is 9.79. The predicted octanol–water partition coefficient (Wildman–Crippen LogP) is -0.974. The molecule has 180 valence electrons. The molecule has 2 aliphatic rings. The molecule has 2 aromatic heterocycles. The molecule has 0 aromatic carbocycles. The van der Waals surface area contributed by atoms with Crippen LogP contribution in [0.15, 0.2) is 12.1 Å². The van der Waals surface area contributed by atoms with Gasteiger partial charge in [-0.15, -0.1) is 0 Å². The fraction of sp³-hybridized carbons (Fsp3) is 0.333. The Kier molecular flexibility index (Phi) is 7.96. The number of hydrogen-bond acceptors (Lipinski definition) is 10. The van der Waals surface area contributed by atoms with Crippen LogP contribution in [-0.4, -0.2) is 68.8 Å². The SMILES string of the molecule is NC(=O)c1cc(NC2CCNC2=O)nc(Cl)n1.NC(=O)c1cc(OC2CCNC2=O)nc(Cl)n1. The largest absolute Gasteiger partial charge is 0.464 e. The maximum Gasteiger partial charge on any atom is 0.267 e. The minimum Gasteiger partial charge on any atom is -0.464 e. The molecule has 0 spiro atoms. The molecule has 0 bridgehead atoms. The van der Waals surface area contributed by atoms with E-state index in [1.807, 2.05) is 0 Å². The Morgan fingerprint density at radius 1 is 0.912 bits per heavy atom. The van der Waals surface area contributed by atoms with Crippen LogP contribution in [0.25, 0.3) is 0 Å². The number of nitrogens with zero attached hydrogens (tertiary/aromatic N) is 4. The van der Waals surface area contributed by atoms with E-state index in [1.54, 1.807) is 0 Å². The van der Waals surface area contributed by atoms with Crippen LogP contribution in [0.2, 0.25) is 10.6 Å². The number of amides is 4. The molecule has 4 rings (SSSR count). The molecule has 0 radical (unpaired) electrons. The van der Waals surface area contributed by atoms with E-state index in [1.165, 1.54) is 12.1 Å². The standard InChI is InChI=1S/C9H10ClN5O2.C9H9ClN4O3/c10-9-14-5(7(11)16)3-6(15-9)13-4-1-2-12-8(4)17;10-9-13-4(7(11)15)3-6(14-9)17-5-1-2-12-8(5)16/h3-4H,1-2H2,(H2,11,16)(H,12,17)(H,13,14,15);3,5H,1-2H2,(H2,11,15)(H,12,16). The second-order valence-corrected chi connectivity index (χ2v) is 7.64. The van der Waals surface area contributed by atoms with Gasteiger partial charge in [-0.25, -0.2) is 15.0 Å². The number of halogens is 2.